The van der Waals surface area contributed by atoms with E-state index < -0.39 is 0 Å². The van der Waals surface area contributed by atoms with Gasteiger partial charge in [0.15, 0.2) is 5.82 Å². The van der Waals surface area contributed by atoms with Crippen molar-refractivity contribution in [3.63, 3.8) is 0 Å². The minimum atomic E-state index is -0.0888. The molecule has 1 atom stereocenters. The molecule has 3 rings (SSSR count). The molecule has 5 nitrogen and oxygen atoms in total. The summed E-state index contributed by atoms with van der Waals surface area (Å²) in [5, 5.41) is 8.27. The Morgan fingerprint density at radius 3 is 2.60 bits per heavy atom. The molecule has 106 valence electrons. The van der Waals surface area contributed by atoms with E-state index in [1.807, 2.05) is 24.3 Å². The lowest BCUT2D eigenvalue weighted by Gasteiger charge is -2.27. The van der Waals surface area contributed by atoms with E-state index in [1.165, 1.54) is 6.39 Å². The Kier molecular flexibility index (Phi) is 4.30. The molecule has 6 heteroatoms. The molecule has 1 aliphatic rings. The first-order valence-electron chi connectivity index (χ1n) is 6.68. The van der Waals surface area contributed by atoms with Gasteiger partial charge >= 0.3 is 0 Å². The van der Waals surface area contributed by atoms with Crippen LogP contribution in [0, 0.1) is 0 Å². The SMILES string of the molecule is Clc1ccc([C@H](NC2CCOCC2)c2ncon2)cc1. The van der Waals surface area contributed by atoms with E-state index in [9.17, 15) is 0 Å². The number of hydrogen-bond donors (Lipinski definition) is 1. The molecule has 1 saturated heterocycles. The molecule has 0 saturated carbocycles. The van der Waals surface area contributed by atoms with Crippen LogP contribution in [0.1, 0.15) is 30.3 Å². The summed E-state index contributed by atoms with van der Waals surface area (Å²) in [6.45, 7) is 1.58. The van der Waals surface area contributed by atoms with Crippen LogP contribution in [0.15, 0.2) is 35.2 Å². The van der Waals surface area contributed by atoms with Gasteiger partial charge in [-0.05, 0) is 30.5 Å². The van der Waals surface area contributed by atoms with Gasteiger partial charge in [-0.25, -0.2) is 0 Å². The summed E-state index contributed by atoms with van der Waals surface area (Å²) in [6.07, 6.45) is 3.33. The zero-order valence-electron chi connectivity index (χ0n) is 11.0. The van der Waals surface area contributed by atoms with Gasteiger partial charge in [0.25, 0.3) is 0 Å². The monoisotopic (exact) mass is 293 g/mol. The Morgan fingerprint density at radius 1 is 1.20 bits per heavy atom. The summed E-state index contributed by atoms with van der Waals surface area (Å²) in [6, 6.07) is 8.01. The van der Waals surface area contributed by atoms with Crippen molar-refractivity contribution in [2.45, 2.75) is 24.9 Å². The molecule has 1 aromatic heterocycles. The van der Waals surface area contributed by atoms with Gasteiger partial charge in [0.05, 0.1) is 6.04 Å². The molecule has 2 aromatic rings. The number of hydrogen-bond acceptors (Lipinski definition) is 5. The lowest BCUT2D eigenvalue weighted by molar-refractivity contribution is 0.0757. The second-order valence-electron chi connectivity index (χ2n) is 4.83. The highest BCUT2D eigenvalue weighted by atomic mass is 35.5. The fourth-order valence-electron chi connectivity index (χ4n) is 2.38. The van der Waals surface area contributed by atoms with Gasteiger partial charge in [0, 0.05) is 24.3 Å². The Labute approximate surface area is 122 Å². The van der Waals surface area contributed by atoms with Crippen molar-refractivity contribution < 1.29 is 9.26 Å². The third kappa shape index (κ3) is 3.17. The Morgan fingerprint density at radius 2 is 1.95 bits per heavy atom. The molecule has 0 amide bonds. The van der Waals surface area contributed by atoms with Crippen LogP contribution in [0.3, 0.4) is 0 Å². The molecule has 1 N–H and O–H groups in total. The van der Waals surface area contributed by atoms with Crippen molar-refractivity contribution in [1.82, 2.24) is 15.5 Å². The van der Waals surface area contributed by atoms with Crippen molar-refractivity contribution in [3.05, 3.63) is 47.1 Å². The minimum Gasteiger partial charge on any atom is -0.381 e. The molecule has 0 aliphatic carbocycles. The number of aromatic nitrogens is 2. The van der Waals surface area contributed by atoms with E-state index in [0.29, 0.717) is 16.9 Å². The normalized spacial score (nSPS) is 18.1. The maximum absolute atomic E-state index is 5.95. The van der Waals surface area contributed by atoms with Crippen LogP contribution in [0.25, 0.3) is 0 Å². The number of ether oxygens (including phenoxy) is 1. The van der Waals surface area contributed by atoms with Crippen molar-refractivity contribution in [3.8, 4) is 0 Å². The lowest BCUT2D eigenvalue weighted by Crippen LogP contribution is -2.38. The van der Waals surface area contributed by atoms with Crippen molar-refractivity contribution >= 4 is 11.6 Å². The molecule has 20 heavy (non-hydrogen) atoms. The molecular formula is C14H16ClN3O2. The summed E-state index contributed by atoms with van der Waals surface area (Å²) < 4.78 is 10.3. The zero-order valence-corrected chi connectivity index (χ0v) is 11.7. The van der Waals surface area contributed by atoms with Crippen molar-refractivity contribution in [2.24, 2.45) is 0 Å². The average molecular weight is 294 g/mol. The second kappa shape index (κ2) is 6.35. The number of nitrogens with one attached hydrogen (secondary N) is 1. The number of nitrogens with zero attached hydrogens (tertiary/aromatic N) is 2. The van der Waals surface area contributed by atoms with Crippen LogP contribution < -0.4 is 5.32 Å². The highest BCUT2D eigenvalue weighted by Gasteiger charge is 2.23. The highest BCUT2D eigenvalue weighted by molar-refractivity contribution is 6.30. The van der Waals surface area contributed by atoms with E-state index in [0.717, 1.165) is 31.6 Å². The predicted molar refractivity (Wildman–Crippen MR) is 74.6 cm³/mol. The average Bonchev–Trinajstić information content (AvgIpc) is 3.01. The number of rotatable bonds is 4. The molecular weight excluding hydrogens is 278 g/mol. The smallest absolute Gasteiger partial charge is 0.213 e. The summed E-state index contributed by atoms with van der Waals surface area (Å²) in [5.74, 6) is 0.638. The molecule has 0 radical (unpaired) electrons. The molecule has 0 bridgehead atoms. The first kappa shape index (κ1) is 13.5. The van der Waals surface area contributed by atoms with Crippen LogP contribution >= 0.6 is 11.6 Å². The summed E-state index contributed by atoms with van der Waals surface area (Å²) in [5.41, 5.74) is 1.07. The van der Waals surface area contributed by atoms with E-state index in [1.54, 1.807) is 0 Å². The quantitative estimate of drug-likeness (QED) is 0.939. The van der Waals surface area contributed by atoms with Gasteiger partial charge in [-0.15, -0.1) is 0 Å². The highest BCUT2D eigenvalue weighted by Crippen LogP contribution is 2.23. The zero-order chi connectivity index (χ0) is 13.8. The van der Waals surface area contributed by atoms with Crippen molar-refractivity contribution in [2.75, 3.05) is 13.2 Å². The van der Waals surface area contributed by atoms with E-state index in [4.69, 9.17) is 20.9 Å². The lowest BCUT2D eigenvalue weighted by atomic mass is 10.0. The largest absolute Gasteiger partial charge is 0.381 e. The van der Waals surface area contributed by atoms with Gasteiger partial charge in [0.1, 0.15) is 0 Å². The van der Waals surface area contributed by atoms with Crippen molar-refractivity contribution in [1.29, 1.82) is 0 Å². The van der Waals surface area contributed by atoms with Crippen LogP contribution in [-0.4, -0.2) is 29.4 Å². The van der Waals surface area contributed by atoms with Gasteiger partial charge in [-0.2, -0.15) is 4.98 Å². The van der Waals surface area contributed by atoms with E-state index in [2.05, 4.69) is 15.5 Å². The first-order valence-corrected chi connectivity index (χ1v) is 7.06. The van der Waals surface area contributed by atoms with Crippen LogP contribution in [0.2, 0.25) is 5.02 Å². The molecule has 1 aliphatic heterocycles. The van der Waals surface area contributed by atoms with E-state index in [-0.39, 0.29) is 6.04 Å². The Balaban J connectivity index is 1.82. The fraction of sp³-hybridized carbons (Fsp3) is 0.429. The van der Waals surface area contributed by atoms with Gasteiger partial charge in [-0.1, -0.05) is 28.9 Å². The topological polar surface area (TPSA) is 60.2 Å². The fourth-order valence-corrected chi connectivity index (χ4v) is 2.51. The molecule has 2 heterocycles. The standard InChI is InChI=1S/C14H16ClN3O2/c15-11-3-1-10(2-4-11)13(14-16-9-20-18-14)17-12-5-7-19-8-6-12/h1-4,9,12-13,17H,5-8H2/t13-/m0/s1. The maximum Gasteiger partial charge on any atom is 0.213 e. The summed E-state index contributed by atoms with van der Waals surface area (Å²) in [7, 11) is 0. The Hall–Kier alpha value is -1.43. The van der Waals surface area contributed by atoms with Gasteiger partial charge in [-0.3, -0.25) is 0 Å². The maximum atomic E-state index is 5.95. The van der Waals surface area contributed by atoms with Crippen LogP contribution in [-0.2, 0) is 4.74 Å². The number of halogens is 1. The van der Waals surface area contributed by atoms with E-state index >= 15 is 0 Å². The summed E-state index contributed by atoms with van der Waals surface area (Å²) >= 11 is 5.95. The Bertz CT molecular complexity index is 524. The van der Waals surface area contributed by atoms with Gasteiger partial charge < -0.3 is 14.6 Å². The van der Waals surface area contributed by atoms with Gasteiger partial charge in [0.2, 0.25) is 6.39 Å². The summed E-state index contributed by atoms with van der Waals surface area (Å²) in [4.78, 5) is 4.18. The molecule has 1 fully saturated rings. The molecule has 1 aromatic carbocycles. The van der Waals surface area contributed by atoms with Crippen LogP contribution in [0.5, 0.6) is 0 Å². The second-order valence-corrected chi connectivity index (χ2v) is 5.26. The molecule has 0 unspecified atom stereocenters. The molecule has 0 spiro atoms. The first-order chi connectivity index (χ1) is 9.83. The number of benzene rings is 1. The third-order valence-corrected chi connectivity index (χ3v) is 3.72. The minimum absolute atomic E-state index is 0.0888. The third-order valence-electron chi connectivity index (χ3n) is 3.46. The predicted octanol–water partition coefficient (Wildman–Crippen LogP) is 2.58. The van der Waals surface area contributed by atoms with Crippen LogP contribution in [0.4, 0.5) is 0 Å².